The molecule has 3 amide bonds. The van der Waals surface area contributed by atoms with Gasteiger partial charge in [-0.2, -0.15) is 0 Å². The van der Waals surface area contributed by atoms with E-state index in [0.29, 0.717) is 58.6 Å². The Morgan fingerprint density at radius 1 is 0.750 bits per heavy atom. The summed E-state index contributed by atoms with van der Waals surface area (Å²) in [7, 11) is 5.66. The highest BCUT2D eigenvalue weighted by Gasteiger charge is 2.31. The number of carbonyl (C=O) groups excluding carboxylic acids is 3. The van der Waals surface area contributed by atoms with Crippen LogP contribution in [-0.4, -0.2) is 72.5 Å². The van der Waals surface area contributed by atoms with Gasteiger partial charge in [0.25, 0.3) is 11.8 Å². The van der Waals surface area contributed by atoms with E-state index in [-0.39, 0.29) is 23.3 Å². The molecule has 0 fully saturated rings. The molecule has 0 saturated heterocycles. The molecular formula is C34H38Cl2N8O4. The van der Waals surface area contributed by atoms with Crippen molar-refractivity contribution in [1.82, 2.24) is 28.9 Å². The van der Waals surface area contributed by atoms with Crippen LogP contribution in [0.2, 0.25) is 10.0 Å². The molecule has 0 unspecified atom stereocenters. The predicted octanol–water partition coefficient (Wildman–Crippen LogP) is 5.91. The average Bonchev–Trinajstić information content (AvgIpc) is 3.54. The molecule has 2 aliphatic heterocycles. The maximum atomic E-state index is 13.5. The van der Waals surface area contributed by atoms with Crippen molar-refractivity contribution < 1.29 is 19.1 Å². The molecule has 14 heteroatoms. The Kier molecular flexibility index (Phi) is 9.01. The second-order valence-corrected chi connectivity index (χ2v) is 13.9. The number of rotatable bonds is 5. The fourth-order valence-electron chi connectivity index (χ4n) is 6.10. The van der Waals surface area contributed by atoms with E-state index in [9.17, 15) is 14.4 Å². The number of imidazole rings is 2. The molecule has 2 N–H and O–H groups in total. The number of nitrogens with one attached hydrogen (secondary N) is 2. The predicted molar refractivity (Wildman–Crippen MR) is 185 cm³/mol. The van der Waals surface area contributed by atoms with Crippen LogP contribution in [0.1, 0.15) is 64.8 Å². The zero-order chi connectivity index (χ0) is 34.5. The number of anilines is 2. The second-order valence-electron chi connectivity index (χ2n) is 13.2. The first kappa shape index (κ1) is 33.5. The molecule has 252 valence electrons. The Morgan fingerprint density at radius 2 is 1.23 bits per heavy atom. The number of benzene rings is 2. The summed E-state index contributed by atoms with van der Waals surface area (Å²) >= 11 is 13.7. The van der Waals surface area contributed by atoms with Crippen molar-refractivity contribution in [3.8, 4) is 11.1 Å². The lowest BCUT2D eigenvalue weighted by molar-refractivity contribution is 0.0220. The fourth-order valence-corrected chi connectivity index (χ4v) is 6.66. The zero-order valence-electron chi connectivity index (χ0n) is 27.8. The Morgan fingerprint density at radius 3 is 1.73 bits per heavy atom. The number of hydrogen-bond donors (Lipinski definition) is 2. The fraction of sp³-hybridized carbons (Fsp3) is 0.382. The minimum atomic E-state index is -0.615. The largest absolute Gasteiger partial charge is 0.444 e. The van der Waals surface area contributed by atoms with E-state index in [1.54, 1.807) is 52.9 Å². The van der Waals surface area contributed by atoms with Crippen molar-refractivity contribution in [1.29, 1.82) is 0 Å². The van der Waals surface area contributed by atoms with E-state index < -0.39 is 17.6 Å². The topological polar surface area (TPSA) is 127 Å². The highest BCUT2D eigenvalue weighted by Crippen LogP contribution is 2.40. The van der Waals surface area contributed by atoms with Gasteiger partial charge in [0, 0.05) is 69.1 Å². The van der Waals surface area contributed by atoms with E-state index in [1.807, 2.05) is 39.4 Å². The minimum Gasteiger partial charge on any atom is -0.444 e. The molecule has 4 heterocycles. The van der Waals surface area contributed by atoms with Gasteiger partial charge in [0.15, 0.2) is 11.6 Å². The van der Waals surface area contributed by atoms with Crippen molar-refractivity contribution in [2.45, 2.75) is 52.3 Å². The molecule has 0 atom stereocenters. The average molecular weight is 694 g/mol. The first-order valence-corrected chi connectivity index (χ1v) is 16.4. The summed E-state index contributed by atoms with van der Waals surface area (Å²) in [5.41, 5.74) is 4.77. The first-order chi connectivity index (χ1) is 22.7. The van der Waals surface area contributed by atoms with E-state index in [4.69, 9.17) is 27.9 Å². The normalized spacial score (nSPS) is 14.7. The molecule has 0 spiro atoms. The molecule has 12 nitrogen and oxygen atoms in total. The van der Waals surface area contributed by atoms with E-state index in [0.717, 1.165) is 30.0 Å². The van der Waals surface area contributed by atoms with Crippen molar-refractivity contribution >= 4 is 52.5 Å². The van der Waals surface area contributed by atoms with Gasteiger partial charge in [0.05, 0.1) is 39.4 Å². The summed E-state index contributed by atoms with van der Waals surface area (Å²) < 4.78 is 9.10. The quantitative estimate of drug-likeness (QED) is 0.266. The lowest BCUT2D eigenvalue weighted by Crippen LogP contribution is -2.40. The summed E-state index contributed by atoms with van der Waals surface area (Å²) in [6.45, 7) is 7.75. The smallest absolute Gasteiger partial charge is 0.410 e. The standard InChI is InChI=1S/C34H38Cl2N8O4/c1-34(2,3)48-33(47)44-16-14-26-24(18-44)38-30(43(26)6)32(46)40-22-12-8-10-20(28(22)36)19-9-7-11-21(27(19)35)39-31(45)29-37-23-17-41(4)15-13-25(23)42(29)5/h7-12H,13-18H2,1-6H3,(H,39,45)(H,40,46). The third-order valence-electron chi connectivity index (χ3n) is 8.54. The number of halogens is 2. The summed E-state index contributed by atoms with van der Waals surface area (Å²) in [6.07, 6.45) is 0.936. The van der Waals surface area contributed by atoms with Gasteiger partial charge in [-0.25, -0.2) is 14.8 Å². The highest BCUT2D eigenvalue weighted by molar-refractivity contribution is 6.40. The lowest BCUT2D eigenvalue weighted by Gasteiger charge is -2.29. The van der Waals surface area contributed by atoms with Gasteiger partial charge < -0.3 is 34.3 Å². The third kappa shape index (κ3) is 6.52. The third-order valence-corrected chi connectivity index (χ3v) is 9.36. The lowest BCUT2D eigenvalue weighted by atomic mass is 10.0. The summed E-state index contributed by atoms with van der Waals surface area (Å²) in [5, 5.41) is 6.36. The van der Waals surface area contributed by atoms with Gasteiger partial charge in [0.1, 0.15) is 5.60 Å². The van der Waals surface area contributed by atoms with Crippen LogP contribution < -0.4 is 10.6 Å². The maximum Gasteiger partial charge on any atom is 0.410 e. The molecule has 0 saturated carbocycles. The van der Waals surface area contributed by atoms with Gasteiger partial charge in [-0.1, -0.05) is 47.5 Å². The first-order valence-electron chi connectivity index (χ1n) is 15.7. The molecule has 2 aliphatic rings. The van der Waals surface area contributed by atoms with Crippen LogP contribution in [0, 0.1) is 0 Å². The molecular weight excluding hydrogens is 655 g/mol. The Bertz CT molecular complexity index is 1940. The summed E-state index contributed by atoms with van der Waals surface area (Å²) in [6, 6.07) is 10.5. The van der Waals surface area contributed by atoms with Gasteiger partial charge in [-0.15, -0.1) is 0 Å². The minimum absolute atomic E-state index is 0.192. The van der Waals surface area contributed by atoms with Crippen molar-refractivity contribution in [2.75, 3.05) is 30.8 Å². The van der Waals surface area contributed by atoms with Crippen LogP contribution in [0.25, 0.3) is 11.1 Å². The molecule has 2 aromatic carbocycles. The molecule has 0 bridgehead atoms. The number of nitrogens with zero attached hydrogens (tertiary/aromatic N) is 6. The monoisotopic (exact) mass is 692 g/mol. The molecule has 0 radical (unpaired) electrons. The van der Waals surface area contributed by atoms with Crippen molar-refractivity contribution in [2.24, 2.45) is 14.1 Å². The van der Waals surface area contributed by atoms with Crippen LogP contribution in [0.4, 0.5) is 16.2 Å². The summed E-state index contributed by atoms with van der Waals surface area (Å²) in [4.78, 5) is 52.4. The molecule has 2 aromatic heterocycles. The molecule has 48 heavy (non-hydrogen) atoms. The van der Waals surface area contributed by atoms with Crippen LogP contribution in [0.15, 0.2) is 36.4 Å². The van der Waals surface area contributed by atoms with Gasteiger partial charge in [0.2, 0.25) is 0 Å². The number of likely N-dealkylation sites (N-methyl/N-ethyl adjacent to an activating group) is 1. The number of hydrogen-bond acceptors (Lipinski definition) is 7. The number of fused-ring (bicyclic) bond motifs is 2. The van der Waals surface area contributed by atoms with Crippen LogP contribution in [0.5, 0.6) is 0 Å². The highest BCUT2D eigenvalue weighted by atomic mass is 35.5. The number of aromatic nitrogens is 4. The molecule has 0 aliphatic carbocycles. The Balaban J connectivity index is 1.20. The number of carbonyl (C=O) groups is 3. The summed E-state index contributed by atoms with van der Waals surface area (Å²) in [5.74, 6) is -0.315. The van der Waals surface area contributed by atoms with Gasteiger partial charge >= 0.3 is 6.09 Å². The van der Waals surface area contributed by atoms with Crippen molar-refractivity contribution in [3.63, 3.8) is 0 Å². The van der Waals surface area contributed by atoms with E-state index in [2.05, 4.69) is 25.5 Å². The molecule has 4 aromatic rings. The van der Waals surface area contributed by atoms with Gasteiger partial charge in [-0.3, -0.25) is 9.59 Å². The van der Waals surface area contributed by atoms with E-state index in [1.165, 1.54) is 0 Å². The maximum absolute atomic E-state index is 13.5. The van der Waals surface area contributed by atoms with E-state index >= 15 is 0 Å². The zero-order valence-corrected chi connectivity index (χ0v) is 29.3. The SMILES string of the molecule is CN1CCc2c(nc(C(=O)Nc3cccc(-c4cccc(NC(=O)c5nc6c(n5C)CCN(C(=O)OC(C)(C)C)C6)c4Cl)c3Cl)n2C)C1. The van der Waals surface area contributed by atoms with Crippen LogP contribution in [-0.2, 0) is 44.8 Å². The van der Waals surface area contributed by atoms with Crippen molar-refractivity contribution in [3.05, 3.63) is 80.9 Å². The number of amides is 3. The molecule has 6 rings (SSSR count). The Labute approximate surface area is 289 Å². The van der Waals surface area contributed by atoms with Crippen LogP contribution >= 0.6 is 23.2 Å². The van der Waals surface area contributed by atoms with Gasteiger partial charge in [-0.05, 0) is 40.0 Å². The second kappa shape index (κ2) is 12.9. The number of ether oxygens (including phenoxy) is 1. The van der Waals surface area contributed by atoms with Crippen LogP contribution in [0.3, 0.4) is 0 Å². The Hall–Kier alpha value is -4.39.